The number of ether oxygens (including phenoxy) is 2. The van der Waals surface area contributed by atoms with E-state index < -0.39 is 22.2 Å². The molecule has 0 aliphatic rings. The summed E-state index contributed by atoms with van der Waals surface area (Å²) in [5, 5.41) is 15.1. The summed E-state index contributed by atoms with van der Waals surface area (Å²) in [6, 6.07) is 9.59. The maximum Gasteiger partial charge on any atom is 0.255 e. The van der Waals surface area contributed by atoms with Crippen molar-refractivity contribution in [2.45, 2.75) is 49.5 Å². The van der Waals surface area contributed by atoms with Crippen LogP contribution in [-0.2, 0) is 14.8 Å². The maximum absolute atomic E-state index is 12.9. The van der Waals surface area contributed by atoms with Crippen molar-refractivity contribution in [3.63, 3.8) is 0 Å². The van der Waals surface area contributed by atoms with Crippen LogP contribution in [-0.4, -0.2) is 65.0 Å². The number of hydrogen-bond donors (Lipinski definition) is 4. The van der Waals surface area contributed by atoms with Crippen molar-refractivity contribution in [1.29, 1.82) is 0 Å². The molecule has 1 heterocycles. The Morgan fingerprint density at radius 3 is 2.46 bits per heavy atom. The number of nitrogens with one attached hydrogen (secondary N) is 2. The molecule has 37 heavy (non-hydrogen) atoms. The number of halogens is 1. The predicted molar refractivity (Wildman–Crippen MR) is 149 cm³/mol. The van der Waals surface area contributed by atoms with Gasteiger partial charge in [0.25, 0.3) is 5.91 Å². The second-order valence-corrected chi connectivity index (χ2v) is 12.0. The minimum absolute atomic E-state index is 0. The van der Waals surface area contributed by atoms with E-state index in [1.54, 1.807) is 36.8 Å². The Morgan fingerprint density at radius 1 is 1.11 bits per heavy atom. The summed E-state index contributed by atoms with van der Waals surface area (Å²) < 4.78 is 38.0. The fourth-order valence-corrected chi connectivity index (χ4v) is 5.65. The standard InChI is InChI=1S/C25H39N3O6S2.ClH/c1-18(2)19(15-21(26)22(29)17-28-36(31,32)24-11-8-14-35-24)16-27-25(30)20-9-4-5-10-23(20)34-13-7-6-12-33-3;/h4-5,8-11,14,18-19,21-22,28-29H,6-7,12-13,15-17,26H2,1-3H3,(H,27,30);1H. The second kappa shape index (κ2) is 17.0. The predicted octanol–water partition coefficient (Wildman–Crippen LogP) is 3.03. The molecule has 1 aromatic carbocycles. The van der Waals surface area contributed by atoms with Crippen molar-refractivity contribution in [1.82, 2.24) is 10.0 Å². The molecule has 0 aliphatic carbocycles. The third-order valence-corrected chi connectivity index (χ3v) is 8.73. The molecule has 0 saturated heterocycles. The summed E-state index contributed by atoms with van der Waals surface area (Å²) in [5.74, 6) is 0.442. The molecule has 1 amide bonds. The number of para-hydroxylation sites is 1. The normalized spacial score (nSPS) is 14.0. The van der Waals surface area contributed by atoms with E-state index in [1.807, 2.05) is 19.9 Å². The average molecular weight is 578 g/mol. The van der Waals surface area contributed by atoms with Crippen LogP contribution in [0.25, 0.3) is 0 Å². The van der Waals surface area contributed by atoms with Crippen LogP contribution in [0.4, 0.5) is 0 Å². The first-order valence-corrected chi connectivity index (χ1v) is 14.5. The van der Waals surface area contributed by atoms with Gasteiger partial charge in [0.05, 0.1) is 18.3 Å². The number of rotatable bonds is 17. The van der Waals surface area contributed by atoms with Crippen molar-refractivity contribution < 1.29 is 27.8 Å². The highest BCUT2D eigenvalue weighted by Crippen LogP contribution is 2.21. The first-order chi connectivity index (χ1) is 17.2. The van der Waals surface area contributed by atoms with Crippen LogP contribution in [0.15, 0.2) is 46.0 Å². The third-order valence-electron chi connectivity index (χ3n) is 5.91. The highest BCUT2D eigenvalue weighted by Gasteiger charge is 2.25. The Kier molecular flexibility index (Phi) is 15.3. The number of nitrogens with two attached hydrogens (primary N) is 1. The van der Waals surface area contributed by atoms with Crippen LogP contribution >= 0.6 is 23.7 Å². The lowest BCUT2D eigenvalue weighted by Gasteiger charge is -2.27. The molecule has 3 atom stereocenters. The molecule has 5 N–H and O–H groups in total. The van der Waals surface area contributed by atoms with Crippen LogP contribution < -0.4 is 20.5 Å². The number of carbonyl (C=O) groups is 1. The maximum atomic E-state index is 12.9. The number of thiophene rings is 1. The first-order valence-electron chi connectivity index (χ1n) is 12.1. The van der Waals surface area contributed by atoms with E-state index >= 15 is 0 Å². The van der Waals surface area contributed by atoms with E-state index in [1.165, 1.54) is 6.07 Å². The molecular weight excluding hydrogens is 538 g/mol. The monoisotopic (exact) mass is 577 g/mol. The molecule has 1 aromatic heterocycles. The van der Waals surface area contributed by atoms with E-state index in [2.05, 4.69) is 10.0 Å². The van der Waals surface area contributed by atoms with Crippen molar-refractivity contribution in [2.75, 3.05) is 33.4 Å². The molecule has 2 aromatic rings. The van der Waals surface area contributed by atoms with Gasteiger partial charge in [-0.15, -0.1) is 23.7 Å². The second-order valence-electron chi connectivity index (χ2n) is 9.01. The van der Waals surface area contributed by atoms with Gasteiger partial charge in [0.15, 0.2) is 0 Å². The van der Waals surface area contributed by atoms with E-state index in [0.29, 0.717) is 37.5 Å². The SMILES string of the molecule is COCCCCOc1ccccc1C(=O)NCC(CC(N)C(O)CNS(=O)(=O)c1cccs1)C(C)C.Cl. The zero-order chi connectivity index (χ0) is 26.6. The van der Waals surface area contributed by atoms with Crippen molar-refractivity contribution in [3.05, 3.63) is 47.3 Å². The summed E-state index contributed by atoms with van der Waals surface area (Å²) in [6.45, 7) is 5.37. The fourth-order valence-electron chi connectivity index (χ4n) is 3.56. The number of carbonyl (C=O) groups excluding carboxylic acids is 1. The fraction of sp³-hybridized carbons (Fsp3) is 0.560. The molecule has 0 saturated carbocycles. The topological polar surface area (TPSA) is 140 Å². The van der Waals surface area contributed by atoms with E-state index in [9.17, 15) is 18.3 Å². The summed E-state index contributed by atoms with van der Waals surface area (Å²) in [5.41, 5.74) is 6.67. The number of aliphatic hydroxyl groups is 1. The van der Waals surface area contributed by atoms with Gasteiger partial charge in [0.1, 0.15) is 9.96 Å². The molecule has 0 aliphatic heterocycles. The van der Waals surface area contributed by atoms with Crippen LogP contribution in [0.5, 0.6) is 5.75 Å². The highest BCUT2D eigenvalue weighted by atomic mass is 35.5. The van der Waals surface area contributed by atoms with Gasteiger partial charge < -0.3 is 25.6 Å². The Hall–Kier alpha value is -1.73. The van der Waals surface area contributed by atoms with Crippen LogP contribution in [0, 0.1) is 11.8 Å². The summed E-state index contributed by atoms with van der Waals surface area (Å²) in [7, 11) is -2.02. The quantitative estimate of drug-likeness (QED) is 0.212. The smallest absolute Gasteiger partial charge is 0.255 e. The van der Waals surface area contributed by atoms with Gasteiger partial charge in [-0.05, 0) is 54.7 Å². The van der Waals surface area contributed by atoms with Gasteiger partial charge >= 0.3 is 0 Å². The number of benzene rings is 1. The van der Waals surface area contributed by atoms with Crippen molar-refractivity contribution in [3.8, 4) is 5.75 Å². The van der Waals surface area contributed by atoms with Gasteiger partial charge in [-0.25, -0.2) is 13.1 Å². The Balaban J connectivity index is 0.00000684. The van der Waals surface area contributed by atoms with Crippen LogP contribution in [0.1, 0.15) is 43.5 Å². The van der Waals surface area contributed by atoms with E-state index in [0.717, 1.165) is 24.2 Å². The largest absolute Gasteiger partial charge is 0.493 e. The van der Waals surface area contributed by atoms with E-state index in [-0.39, 0.29) is 40.9 Å². The minimum Gasteiger partial charge on any atom is -0.493 e. The van der Waals surface area contributed by atoms with Crippen LogP contribution in [0.3, 0.4) is 0 Å². The molecule has 0 radical (unpaired) electrons. The zero-order valence-electron chi connectivity index (χ0n) is 21.6. The molecule has 0 spiro atoms. The van der Waals surface area contributed by atoms with Gasteiger partial charge in [0.2, 0.25) is 10.0 Å². The number of amides is 1. The summed E-state index contributed by atoms with van der Waals surface area (Å²) in [4.78, 5) is 12.9. The third kappa shape index (κ3) is 11.3. The molecule has 210 valence electrons. The number of sulfonamides is 1. The number of hydrogen-bond acceptors (Lipinski definition) is 8. The zero-order valence-corrected chi connectivity index (χ0v) is 24.0. The lowest BCUT2D eigenvalue weighted by Crippen LogP contribution is -2.45. The van der Waals surface area contributed by atoms with Gasteiger partial charge in [-0.3, -0.25) is 4.79 Å². The molecule has 12 heteroatoms. The Morgan fingerprint density at radius 2 is 1.81 bits per heavy atom. The van der Waals surface area contributed by atoms with Crippen molar-refractivity contribution in [2.24, 2.45) is 17.6 Å². The minimum atomic E-state index is -3.68. The Bertz CT molecular complexity index is 1020. The summed E-state index contributed by atoms with van der Waals surface area (Å²) >= 11 is 1.10. The lowest BCUT2D eigenvalue weighted by atomic mass is 9.87. The molecular formula is C25H40ClN3O6S2. The Labute approximate surface area is 230 Å². The van der Waals surface area contributed by atoms with Gasteiger partial charge in [0, 0.05) is 32.8 Å². The van der Waals surface area contributed by atoms with Gasteiger partial charge in [-0.2, -0.15) is 0 Å². The first kappa shape index (κ1) is 33.3. The molecule has 0 fully saturated rings. The molecule has 0 bridgehead atoms. The van der Waals surface area contributed by atoms with Gasteiger partial charge in [-0.1, -0.05) is 32.0 Å². The average Bonchev–Trinajstić information content (AvgIpc) is 3.41. The van der Waals surface area contributed by atoms with Crippen molar-refractivity contribution >= 4 is 39.7 Å². The van der Waals surface area contributed by atoms with Crippen LogP contribution in [0.2, 0.25) is 0 Å². The number of aliphatic hydroxyl groups excluding tert-OH is 1. The molecule has 9 nitrogen and oxygen atoms in total. The summed E-state index contributed by atoms with van der Waals surface area (Å²) in [6.07, 6.45) is 1.05. The number of methoxy groups -OCH3 is 1. The number of unbranched alkanes of at least 4 members (excludes halogenated alkanes) is 1. The molecule has 3 unspecified atom stereocenters. The lowest BCUT2D eigenvalue weighted by molar-refractivity contribution is 0.0928. The van der Waals surface area contributed by atoms with E-state index in [4.69, 9.17) is 15.2 Å². The molecule has 2 rings (SSSR count). The highest BCUT2D eigenvalue weighted by molar-refractivity contribution is 7.91.